The molecule has 0 spiro atoms. The largest absolute Gasteiger partial charge is 0.457 e. The molecule has 0 bridgehead atoms. The molecule has 4 aromatic carbocycles. The summed E-state index contributed by atoms with van der Waals surface area (Å²) in [6, 6.07) is 27.2. The van der Waals surface area contributed by atoms with Crippen LogP contribution >= 0.6 is 0 Å². The molecule has 0 saturated carbocycles. The molecule has 0 unspecified atom stereocenters. The topological polar surface area (TPSA) is 94.6 Å². The second kappa shape index (κ2) is 10.5. The summed E-state index contributed by atoms with van der Waals surface area (Å²) in [6.07, 6.45) is 0. The highest BCUT2D eigenvalue weighted by atomic mass is 32.2. The van der Waals surface area contributed by atoms with Gasteiger partial charge in [0.1, 0.15) is 6.61 Å². The minimum absolute atomic E-state index is 0.0591. The zero-order chi connectivity index (χ0) is 25.8. The fraction of sp³-hybridized carbons (Fsp3) is 0.107. The summed E-state index contributed by atoms with van der Waals surface area (Å²) in [5.74, 6) is -0.847. The van der Waals surface area contributed by atoms with Crippen LogP contribution in [0.2, 0.25) is 0 Å². The molecule has 0 N–H and O–H groups in total. The van der Waals surface area contributed by atoms with E-state index in [0.29, 0.717) is 11.1 Å². The molecule has 36 heavy (non-hydrogen) atoms. The molecule has 6 nitrogen and oxygen atoms in total. The van der Waals surface area contributed by atoms with E-state index in [2.05, 4.69) is 0 Å². The Morgan fingerprint density at radius 2 is 1.28 bits per heavy atom. The highest BCUT2D eigenvalue weighted by Gasteiger charge is 2.18. The molecule has 0 aliphatic heterocycles. The predicted octanol–water partition coefficient (Wildman–Crippen LogP) is 5.16. The van der Waals surface area contributed by atoms with Crippen LogP contribution < -0.4 is 0 Å². The van der Waals surface area contributed by atoms with E-state index in [4.69, 9.17) is 4.74 Å². The Morgan fingerprint density at radius 3 is 1.94 bits per heavy atom. The third-order valence-corrected chi connectivity index (χ3v) is 9.05. The zero-order valence-corrected chi connectivity index (χ0v) is 21.1. The van der Waals surface area contributed by atoms with E-state index < -0.39 is 25.6 Å². The summed E-state index contributed by atoms with van der Waals surface area (Å²) in [7, 11) is -7.19. The first-order valence-corrected chi connectivity index (χ1v) is 14.2. The molecule has 0 aliphatic carbocycles. The van der Waals surface area contributed by atoms with Crippen molar-refractivity contribution in [3.05, 3.63) is 125 Å². The molecule has 0 fully saturated rings. The number of hydrogen-bond donors (Lipinski definition) is 0. The van der Waals surface area contributed by atoms with E-state index in [0.717, 1.165) is 5.56 Å². The second-order valence-corrected chi connectivity index (χ2v) is 12.2. The molecular weight excluding hydrogens is 496 g/mol. The van der Waals surface area contributed by atoms with Crippen LogP contribution in [0.5, 0.6) is 0 Å². The summed E-state index contributed by atoms with van der Waals surface area (Å²) in [5.41, 5.74) is 2.29. The normalized spacial score (nSPS) is 11.7. The fourth-order valence-corrected chi connectivity index (χ4v) is 6.19. The molecule has 4 aromatic rings. The fourth-order valence-electron chi connectivity index (χ4n) is 3.57. The van der Waals surface area contributed by atoms with Gasteiger partial charge in [-0.15, -0.1) is 0 Å². The zero-order valence-electron chi connectivity index (χ0n) is 19.5. The van der Waals surface area contributed by atoms with Gasteiger partial charge in [-0.25, -0.2) is 21.6 Å². The lowest BCUT2D eigenvalue weighted by atomic mass is 10.1. The molecule has 0 amide bonds. The van der Waals surface area contributed by atoms with Gasteiger partial charge in [0, 0.05) is 0 Å². The van der Waals surface area contributed by atoms with Crippen molar-refractivity contribution in [1.82, 2.24) is 0 Å². The minimum atomic E-state index is -3.63. The van der Waals surface area contributed by atoms with Crippen molar-refractivity contribution in [3.63, 3.8) is 0 Å². The SMILES string of the molecule is Cc1ccc(S(=O)(=O)Cc2cccc(C(=O)OCc3ccc(S(=O)(=O)c4ccccc4)cc3)c2)cc1. The van der Waals surface area contributed by atoms with Crippen LogP contribution in [-0.4, -0.2) is 22.8 Å². The Morgan fingerprint density at radius 1 is 0.667 bits per heavy atom. The van der Waals surface area contributed by atoms with Crippen LogP contribution in [0.4, 0.5) is 0 Å². The molecule has 8 heteroatoms. The monoisotopic (exact) mass is 520 g/mol. The molecule has 0 saturated heterocycles. The molecule has 0 heterocycles. The summed E-state index contributed by atoms with van der Waals surface area (Å²) >= 11 is 0. The van der Waals surface area contributed by atoms with Crippen molar-refractivity contribution < 1.29 is 26.4 Å². The Labute approximate surface area is 211 Å². The predicted molar refractivity (Wildman–Crippen MR) is 136 cm³/mol. The van der Waals surface area contributed by atoms with Crippen LogP contribution in [0.25, 0.3) is 0 Å². The van der Waals surface area contributed by atoms with Gasteiger partial charge in [-0.1, -0.05) is 60.2 Å². The molecule has 0 atom stereocenters. The van der Waals surface area contributed by atoms with E-state index in [-0.39, 0.29) is 32.6 Å². The van der Waals surface area contributed by atoms with E-state index in [9.17, 15) is 21.6 Å². The number of sulfone groups is 2. The second-order valence-electron chi connectivity index (χ2n) is 8.31. The van der Waals surface area contributed by atoms with Gasteiger partial charge in [-0.2, -0.15) is 0 Å². The van der Waals surface area contributed by atoms with Crippen LogP contribution in [0.1, 0.15) is 27.0 Å². The van der Waals surface area contributed by atoms with Gasteiger partial charge in [0.15, 0.2) is 9.84 Å². The number of hydrogen-bond acceptors (Lipinski definition) is 6. The third kappa shape index (κ3) is 5.90. The number of esters is 1. The van der Waals surface area contributed by atoms with Crippen molar-refractivity contribution in [2.24, 2.45) is 0 Å². The highest BCUT2D eigenvalue weighted by molar-refractivity contribution is 7.91. The van der Waals surface area contributed by atoms with Gasteiger partial charge in [-0.3, -0.25) is 0 Å². The first-order valence-electron chi connectivity index (χ1n) is 11.1. The summed E-state index contributed by atoms with van der Waals surface area (Å²) in [4.78, 5) is 13.2. The van der Waals surface area contributed by atoms with E-state index in [1.54, 1.807) is 72.8 Å². The van der Waals surface area contributed by atoms with Gasteiger partial charge in [0.05, 0.1) is 26.0 Å². The number of ether oxygens (including phenoxy) is 1. The van der Waals surface area contributed by atoms with Crippen molar-refractivity contribution in [1.29, 1.82) is 0 Å². The number of carbonyl (C=O) groups is 1. The lowest BCUT2D eigenvalue weighted by Crippen LogP contribution is -2.08. The summed E-state index contributed by atoms with van der Waals surface area (Å²) in [6.45, 7) is 1.82. The smallest absolute Gasteiger partial charge is 0.338 e. The molecular formula is C28H24O6S2. The van der Waals surface area contributed by atoms with Crippen molar-refractivity contribution in [3.8, 4) is 0 Å². The van der Waals surface area contributed by atoms with E-state index in [1.807, 2.05) is 6.92 Å². The lowest BCUT2D eigenvalue weighted by Gasteiger charge is -2.09. The molecule has 0 aliphatic rings. The number of benzene rings is 4. The summed E-state index contributed by atoms with van der Waals surface area (Å²) < 4.78 is 56.2. The Hall–Kier alpha value is -3.75. The lowest BCUT2D eigenvalue weighted by molar-refractivity contribution is 0.0472. The van der Waals surface area contributed by atoms with Gasteiger partial charge in [0.2, 0.25) is 9.84 Å². The van der Waals surface area contributed by atoms with E-state index >= 15 is 0 Å². The third-order valence-electron chi connectivity index (χ3n) is 5.56. The maximum Gasteiger partial charge on any atom is 0.338 e. The average Bonchev–Trinajstić information content (AvgIpc) is 2.88. The first-order chi connectivity index (χ1) is 17.1. The maximum absolute atomic E-state index is 12.7. The van der Waals surface area contributed by atoms with Crippen molar-refractivity contribution in [2.45, 2.75) is 34.0 Å². The van der Waals surface area contributed by atoms with Crippen LogP contribution in [0.3, 0.4) is 0 Å². The Bertz CT molecular complexity index is 1570. The molecule has 0 radical (unpaired) electrons. The van der Waals surface area contributed by atoms with Crippen LogP contribution in [0, 0.1) is 6.92 Å². The van der Waals surface area contributed by atoms with Crippen LogP contribution in [-0.2, 0) is 36.8 Å². The molecule has 0 aromatic heterocycles. The van der Waals surface area contributed by atoms with Crippen LogP contribution in [0.15, 0.2) is 118 Å². The summed E-state index contributed by atoms with van der Waals surface area (Å²) in [5, 5.41) is 0. The Balaban J connectivity index is 1.41. The average molecular weight is 521 g/mol. The van der Waals surface area contributed by atoms with E-state index in [1.165, 1.54) is 30.3 Å². The van der Waals surface area contributed by atoms with Gasteiger partial charge < -0.3 is 4.74 Å². The van der Waals surface area contributed by atoms with Gasteiger partial charge in [-0.05, 0) is 66.6 Å². The number of carbonyl (C=O) groups excluding carboxylic acids is 1. The minimum Gasteiger partial charge on any atom is -0.457 e. The van der Waals surface area contributed by atoms with Gasteiger partial charge >= 0.3 is 5.97 Å². The van der Waals surface area contributed by atoms with Crippen molar-refractivity contribution in [2.75, 3.05) is 0 Å². The van der Waals surface area contributed by atoms with Gasteiger partial charge in [0.25, 0.3) is 0 Å². The molecule has 4 rings (SSSR count). The maximum atomic E-state index is 12.7. The number of aryl methyl sites for hydroxylation is 1. The quantitative estimate of drug-likeness (QED) is 0.298. The Kier molecular flexibility index (Phi) is 7.37. The van der Waals surface area contributed by atoms with Crippen molar-refractivity contribution >= 4 is 25.6 Å². The molecule has 184 valence electrons. The highest BCUT2D eigenvalue weighted by Crippen LogP contribution is 2.22. The first kappa shape index (κ1) is 25.3. The number of rotatable bonds is 8. The standard InChI is InChI=1S/C28H24O6S2/c1-21-10-14-25(15-11-21)35(30,31)20-23-6-5-7-24(18-23)28(29)34-19-22-12-16-27(17-13-22)36(32,33)26-8-3-2-4-9-26/h2-18H,19-20H2,1H3.